The van der Waals surface area contributed by atoms with E-state index in [2.05, 4.69) is 13.8 Å². The van der Waals surface area contributed by atoms with Crippen LogP contribution in [0.15, 0.2) is 24.3 Å². The van der Waals surface area contributed by atoms with E-state index in [-0.39, 0.29) is 6.10 Å². The van der Waals surface area contributed by atoms with E-state index >= 15 is 0 Å². The average molecular weight is 356 g/mol. The molecule has 3 atom stereocenters. The number of hydrogen-bond acceptors (Lipinski definition) is 4. The second kappa shape index (κ2) is 10.9. The van der Waals surface area contributed by atoms with E-state index in [9.17, 15) is 4.57 Å². The van der Waals surface area contributed by atoms with Crippen molar-refractivity contribution in [3.8, 4) is 5.75 Å². The second-order valence-electron chi connectivity index (χ2n) is 6.39. The first-order valence-electron chi connectivity index (χ1n) is 9.11. The lowest BCUT2D eigenvalue weighted by Gasteiger charge is -2.23. The number of rotatable bonds is 12. The first-order valence-corrected chi connectivity index (χ1v) is 10.6. The van der Waals surface area contributed by atoms with Gasteiger partial charge in [0.15, 0.2) is 0 Å². The Bertz CT molecular complexity index is 501. The van der Waals surface area contributed by atoms with E-state index in [1.165, 1.54) is 0 Å². The van der Waals surface area contributed by atoms with Crippen LogP contribution >= 0.6 is 7.82 Å². The topological polar surface area (TPSA) is 44.8 Å². The number of phosphoric acid groups is 1. The fourth-order valence-corrected chi connectivity index (χ4v) is 3.72. The minimum absolute atomic E-state index is 0.183. The Morgan fingerprint density at radius 3 is 2.29 bits per heavy atom. The van der Waals surface area contributed by atoms with Gasteiger partial charge in [-0.1, -0.05) is 57.7 Å². The lowest BCUT2D eigenvalue weighted by molar-refractivity contribution is 0.101. The maximum absolute atomic E-state index is 13.1. The third kappa shape index (κ3) is 7.83. The van der Waals surface area contributed by atoms with E-state index in [1.54, 1.807) is 12.1 Å². The summed E-state index contributed by atoms with van der Waals surface area (Å²) < 4.78 is 30.0. The van der Waals surface area contributed by atoms with Crippen LogP contribution in [-0.2, 0) is 13.6 Å². The van der Waals surface area contributed by atoms with Gasteiger partial charge in [-0.15, -0.1) is 0 Å². The van der Waals surface area contributed by atoms with Gasteiger partial charge < -0.3 is 4.52 Å². The molecule has 0 N–H and O–H groups in total. The van der Waals surface area contributed by atoms with Crippen molar-refractivity contribution in [2.75, 3.05) is 6.61 Å². The smallest absolute Gasteiger partial charge is 0.404 e. The molecule has 0 saturated heterocycles. The summed E-state index contributed by atoms with van der Waals surface area (Å²) in [6.07, 6.45) is 4.93. The van der Waals surface area contributed by atoms with Crippen molar-refractivity contribution < 1.29 is 18.1 Å². The van der Waals surface area contributed by atoms with E-state index in [4.69, 9.17) is 13.6 Å². The van der Waals surface area contributed by atoms with Crippen LogP contribution < -0.4 is 4.52 Å². The van der Waals surface area contributed by atoms with E-state index in [1.807, 2.05) is 32.9 Å². The summed E-state index contributed by atoms with van der Waals surface area (Å²) in [7, 11) is -3.63. The number of aryl methyl sites for hydroxylation is 1. The van der Waals surface area contributed by atoms with Crippen LogP contribution in [0.3, 0.4) is 0 Å². The minimum atomic E-state index is -3.63. The van der Waals surface area contributed by atoms with Crippen molar-refractivity contribution in [1.82, 2.24) is 0 Å². The summed E-state index contributed by atoms with van der Waals surface area (Å²) in [5.74, 6) is 0.884. The molecule has 3 unspecified atom stereocenters. The Labute approximate surface area is 147 Å². The summed E-state index contributed by atoms with van der Waals surface area (Å²) in [5.41, 5.74) is 1.12. The highest BCUT2D eigenvalue weighted by Crippen LogP contribution is 2.51. The third-order valence-corrected chi connectivity index (χ3v) is 5.65. The molecule has 0 bridgehead atoms. The van der Waals surface area contributed by atoms with Gasteiger partial charge in [-0.05, 0) is 44.7 Å². The maximum atomic E-state index is 13.1. The molecular weight excluding hydrogens is 323 g/mol. The first kappa shape index (κ1) is 21.2. The minimum Gasteiger partial charge on any atom is -0.404 e. The second-order valence-corrected chi connectivity index (χ2v) is 7.93. The quantitative estimate of drug-likeness (QED) is 0.399. The molecule has 1 aromatic carbocycles. The fraction of sp³-hybridized carbons (Fsp3) is 0.684. The molecule has 1 rings (SSSR count). The lowest BCUT2D eigenvalue weighted by Crippen LogP contribution is -2.14. The van der Waals surface area contributed by atoms with E-state index < -0.39 is 7.82 Å². The number of benzene rings is 1. The van der Waals surface area contributed by atoms with Gasteiger partial charge in [0.25, 0.3) is 0 Å². The van der Waals surface area contributed by atoms with Crippen LogP contribution in [0.1, 0.15) is 65.4 Å². The number of phosphoric ester groups is 1. The van der Waals surface area contributed by atoms with Crippen LogP contribution in [-0.4, -0.2) is 12.7 Å². The monoisotopic (exact) mass is 356 g/mol. The highest BCUT2D eigenvalue weighted by Gasteiger charge is 2.31. The van der Waals surface area contributed by atoms with Crippen molar-refractivity contribution in [3.63, 3.8) is 0 Å². The van der Waals surface area contributed by atoms with Crippen LogP contribution in [0.2, 0.25) is 0 Å². The molecule has 0 fully saturated rings. The third-order valence-electron chi connectivity index (χ3n) is 4.13. The van der Waals surface area contributed by atoms with Gasteiger partial charge in [0.05, 0.1) is 12.7 Å². The molecular formula is C19H33O4P. The predicted octanol–water partition coefficient (Wildman–Crippen LogP) is 6.53. The lowest BCUT2D eigenvalue weighted by atomic mass is 10.0. The highest BCUT2D eigenvalue weighted by molar-refractivity contribution is 7.48. The van der Waals surface area contributed by atoms with Gasteiger partial charge in [-0.25, -0.2) is 4.57 Å². The highest BCUT2D eigenvalue weighted by atomic mass is 31.2. The molecule has 0 aliphatic rings. The Morgan fingerprint density at radius 2 is 1.75 bits per heavy atom. The molecule has 24 heavy (non-hydrogen) atoms. The summed E-state index contributed by atoms with van der Waals surface area (Å²) in [6.45, 7) is 10.6. The molecule has 0 amide bonds. The zero-order valence-electron chi connectivity index (χ0n) is 15.8. The normalized spacial score (nSPS) is 16.4. The summed E-state index contributed by atoms with van der Waals surface area (Å²) in [4.78, 5) is 0. The molecule has 0 aromatic heterocycles. The van der Waals surface area contributed by atoms with Crippen LogP contribution in [0.4, 0.5) is 0 Å². The first-order chi connectivity index (χ1) is 11.4. The van der Waals surface area contributed by atoms with Crippen molar-refractivity contribution >= 4 is 7.82 Å². The SMILES string of the molecule is CCCCC(CC)COP(=O)(Oc1ccc(C)cc1)OC(C)CC. The number of hydrogen-bond donors (Lipinski definition) is 0. The van der Waals surface area contributed by atoms with Crippen molar-refractivity contribution in [1.29, 1.82) is 0 Å². The number of unbranched alkanes of at least 4 members (excludes halogenated alkanes) is 1. The predicted molar refractivity (Wildman–Crippen MR) is 99.5 cm³/mol. The molecule has 1 aromatic rings. The van der Waals surface area contributed by atoms with Gasteiger partial charge in [0, 0.05) is 0 Å². The van der Waals surface area contributed by atoms with Gasteiger partial charge in [0.1, 0.15) is 5.75 Å². The Hall–Kier alpha value is -0.830. The molecule has 0 radical (unpaired) electrons. The van der Waals surface area contributed by atoms with Gasteiger partial charge in [-0.2, -0.15) is 0 Å². The van der Waals surface area contributed by atoms with E-state index in [0.717, 1.165) is 37.7 Å². The van der Waals surface area contributed by atoms with Crippen LogP contribution in [0.5, 0.6) is 5.75 Å². The molecule has 0 spiro atoms. The summed E-state index contributed by atoms with van der Waals surface area (Å²) >= 11 is 0. The van der Waals surface area contributed by atoms with E-state index in [0.29, 0.717) is 18.3 Å². The Kier molecular flexibility index (Phi) is 9.65. The molecule has 4 nitrogen and oxygen atoms in total. The molecule has 0 aliphatic carbocycles. The van der Waals surface area contributed by atoms with Gasteiger partial charge in [-0.3, -0.25) is 9.05 Å². The standard InChI is InChI=1S/C19H33O4P/c1-6-9-10-18(8-3)15-21-24(20,22-17(5)7-2)23-19-13-11-16(4)12-14-19/h11-14,17-18H,6-10,15H2,1-5H3. The summed E-state index contributed by atoms with van der Waals surface area (Å²) in [5, 5.41) is 0. The Morgan fingerprint density at radius 1 is 1.08 bits per heavy atom. The molecule has 0 saturated carbocycles. The van der Waals surface area contributed by atoms with Crippen molar-refractivity contribution in [2.24, 2.45) is 5.92 Å². The van der Waals surface area contributed by atoms with Crippen molar-refractivity contribution in [2.45, 2.75) is 72.8 Å². The van der Waals surface area contributed by atoms with Crippen molar-refractivity contribution in [3.05, 3.63) is 29.8 Å². The molecule has 0 heterocycles. The average Bonchev–Trinajstić information content (AvgIpc) is 2.57. The zero-order chi connectivity index (χ0) is 18.0. The van der Waals surface area contributed by atoms with Gasteiger partial charge in [0.2, 0.25) is 0 Å². The maximum Gasteiger partial charge on any atom is 0.530 e. The molecule has 138 valence electrons. The largest absolute Gasteiger partial charge is 0.530 e. The zero-order valence-corrected chi connectivity index (χ0v) is 16.7. The Balaban J connectivity index is 2.77. The molecule has 5 heteroatoms. The fourth-order valence-electron chi connectivity index (χ4n) is 2.20. The molecule has 0 aliphatic heterocycles. The van der Waals surface area contributed by atoms with Crippen LogP contribution in [0, 0.1) is 12.8 Å². The summed E-state index contributed by atoms with van der Waals surface area (Å²) in [6, 6.07) is 7.41. The van der Waals surface area contributed by atoms with Crippen LogP contribution in [0.25, 0.3) is 0 Å². The van der Waals surface area contributed by atoms with Gasteiger partial charge >= 0.3 is 7.82 Å².